The third kappa shape index (κ3) is 2.52. The first kappa shape index (κ1) is 16.1. The molecule has 1 aliphatic heterocycles. The zero-order valence-electron chi connectivity index (χ0n) is 15.2. The Hall–Kier alpha value is -3.14. The third-order valence-electron chi connectivity index (χ3n) is 5.59. The molecule has 134 valence electrons. The molecule has 0 amide bonds. The van der Waals surface area contributed by atoms with Crippen molar-refractivity contribution in [1.29, 1.82) is 0 Å². The number of anilines is 1. The number of nitrogens with one attached hydrogen (secondary N) is 1. The van der Waals surface area contributed by atoms with Gasteiger partial charge in [-0.25, -0.2) is 0 Å². The van der Waals surface area contributed by atoms with Crippen LogP contribution in [-0.2, 0) is 4.79 Å². The van der Waals surface area contributed by atoms with Crippen molar-refractivity contribution in [2.75, 3.05) is 12.4 Å². The summed E-state index contributed by atoms with van der Waals surface area (Å²) in [4.78, 5) is 17.5. The smallest absolute Gasteiger partial charge is 0.161 e. The molecule has 0 spiro atoms. The van der Waals surface area contributed by atoms with Crippen LogP contribution in [0.5, 0.6) is 5.75 Å². The number of methoxy groups -OCH3 is 1. The number of hydrogen-bond donors (Lipinski definition) is 1. The van der Waals surface area contributed by atoms with E-state index in [1.54, 1.807) is 7.11 Å². The molecule has 4 heteroatoms. The summed E-state index contributed by atoms with van der Waals surface area (Å²) in [6.07, 6.45) is 4.25. The van der Waals surface area contributed by atoms with Crippen LogP contribution >= 0.6 is 0 Å². The number of aromatic nitrogens is 1. The van der Waals surface area contributed by atoms with Crippen LogP contribution in [0.15, 0.2) is 66.0 Å². The minimum atomic E-state index is -0.0807. The van der Waals surface area contributed by atoms with Gasteiger partial charge in [0.1, 0.15) is 5.75 Å². The minimum Gasteiger partial charge on any atom is -0.497 e. The average molecular weight is 356 g/mol. The molecule has 2 heterocycles. The zero-order valence-corrected chi connectivity index (χ0v) is 15.2. The Morgan fingerprint density at radius 2 is 1.93 bits per heavy atom. The predicted octanol–water partition coefficient (Wildman–Crippen LogP) is 4.81. The van der Waals surface area contributed by atoms with Gasteiger partial charge in [0.25, 0.3) is 0 Å². The van der Waals surface area contributed by atoms with E-state index in [9.17, 15) is 4.79 Å². The van der Waals surface area contributed by atoms with Gasteiger partial charge in [-0.05, 0) is 54.3 Å². The van der Waals surface area contributed by atoms with Gasteiger partial charge in [0.2, 0.25) is 0 Å². The van der Waals surface area contributed by atoms with Crippen LogP contribution in [0.2, 0.25) is 0 Å². The van der Waals surface area contributed by atoms with Crippen LogP contribution in [0.25, 0.3) is 10.9 Å². The second-order valence-electron chi connectivity index (χ2n) is 7.10. The number of ether oxygens (including phenoxy) is 1. The first-order chi connectivity index (χ1) is 13.3. The molecule has 0 saturated carbocycles. The SMILES string of the molecule is COc1ccc([C@@H]2C3=C(CCCC3=O)Nc3ccc4ncccc4c32)cc1. The Kier molecular flexibility index (Phi) is 3.71. The number of carbonyl (C=O) groups is 1. The maximum atomic E-state index is 12.9. The highest BCUT2D eigenvalue weighted by molar-refractivity contribution is 6.03. The zero-order chi connectivity index (χ0) is 18.4. The maximum Gasteiger partial charge on any atom is 0.161 e. The summed E-state index contributed by atoms with van der Waals surface area (Å²) in [5.74, 6) is 0.982. The Bertz CT molecular complexity index is 1080. The number of allylic oxidation sites excluding steroid dienone is 2. The summed E-state index contributed by atoms with van der Waals surface area (Å²) in [5, 5.41) is 4.64. The molecule has 27 heavy (non-hydrogen) atoms. The lowest BCUT2D eigenvalue weighted by Crippen LogP contribution is -2.27. The Balaban J connectivity index is 1.79. The molecule has 5 rings (SSSR count). The number of carbonyl (C=O) groups excluding carboxylic acids is 1. The van der Waals surface area contributed by atoms with E-state index < -0.39 is 0 Å². The molecule has 3 aromatic rings. The molecule has 1 atom stereocenters. The van der Waals surface area contributed by atoms with Gasteiger partial charge in [0, 0.05) is 40.9 Å². The highest BCUT2D eigenvalue weighted by atomic mass is 16.5. The van der Waals surface area contributed by atoms with Gasteiger partial charge < -0.3 is 10.1 Å². The summed E-state index contributed by atoms with van der Waals surface area (Å²) in [6.45, 7) is 0. The highest BCUT2D eigenvalue weighted by Crippen LogP contribution is 2.47. The topological polar surface area (TPSA) is 51.2 Å². The molecule has 0 bridgehead atoms. The van der Waals surface area contributed by atoms with Crippen LogP contribution < -0.4 is 10.1 Å². The Labute approximate surface area is 157 Å². The maximum absolute atomic E-state index is 12.9. The van der Waals surface area contributed by atoms with E-state index in [-0.39, 0.29) is 11.7 Å². The molecule has 1 aliphatic carbocycles. The molecule has 0 radical (unpaired) electrons. The number of pyridine rings is 1. The van der Waals surface area contributed by atoms with Crippen LogP contribution in [0.4, 0.5) is 5.69 Å². The number of benzene rings is 2. The fraction of sp³-hybridized carbons (Fsp3) is 0.217. The van der Waals surface area contributed by atoms with Gasteiger partial charge >= 0.3 is 0 Å². The van der Waals surface area contributed by atoms with Gasteiger partial charge in [0.15, 0.2) is 5.78 Å². The number of nitrogens with zero attached hydrogens (tertiary/aromatic N) is 1. The van der Waals surface area contributed by atoms with Crippen LogP contribution in [0, 0.1) is 0 Å². The highest BCUT2D eigenvalue weighted by Gasteiger charge is 2.36. The lowest BCUT2D eigenvalue weighted by molar-refractivity contribution is -0.116. The third-order valence-corrected chi connectivity index (χ3v) is 5.59. The Morgan fingerprint density at radius 1 is 1.07 bits per heavy atom. The van der Waals surface area contributed by atoms with E-state index in [0.717, 1.165) is 57.6 Å². The molecule has 0 fully saturated rings. The van der Waals surface area contributed by atoms with Gasteiger partial charge in [-0.3, -0.25) is 9.78 Å². The van der Waals surface area contributed by atoms with Crippen LogP contribution in [0.1, 0.15) is 36.3 Å². The number of rotatable bonds is 2. The molecule has 1 N–H and O–H groups in total. The average Bonchev–Trinajstić information content (AvgIpc) is 2.72. The van der Waals surface area contributed by atoms with Crippen molar-refractivity contribution >= 4 is 22.4 Å². The second kappa shape index (κ2) is 6.23. The molecule has 2 aliphatic rings. The van der Waals surface area contributed by atoms with E-state index in [1.807, 2.05) is 30.5 Å². The standard InChI is InChI=1S/C23H20N2O2/c1-27-15-9-7-14(8-10-15)21-22-16-4-3-13-24-17(16)11-12-19(22)25-18-5-2-6-20(26)23(18)21/h3-4,7-13,21,25H,2,5-6H2,1H3/t21-/m0/s1. The molecule has 4 nitrogen and oxygen atoms in total. The van der Waals surface area contributed by atoms with Crippen molar-refractivity contribution in [3.8, 4) is 5.75 Å². The van der Waals surface area contributed by atoms with E-state index in [2.05, 4.69) is 34.6 Å². The van der Waals surface area contributed by atoms with E-state index in [1.165, 1.54) is 0 Å². The van der Waals surface area contributed by atoms with Crippen molar-refractivity contribution in [3.05, 3.63) is 77.1 Å². The largest absolute Gasteiger partial charge is 0.497 e. The predicted molar refractivity (Wildman–Crippen MR) is 106 cm³/mol. The van der Waals surface area contributed by atoms with Crippen molar-refractivity contribution in [3.63, 3.8) is 0 Å². The van der Waals surface area contributed by atoms with Crippen molar-refractivity contribution in [2.24, 2.45) is 0 Å². The van der Waals surface area contributed by atoms with Crippen molar-refractivity contribution in [2.45, 2.75) is 25.2 Å². The summed E-state index contributed by atoms with van der Waals surface area (Å²) in [7, 11) is 1.67. The number of fused-ring (bicyclic) bond motifs is 3. The summed E-state index contributed by atoms with van der Waals surface area (Å²) < 4.78 is 5.32. The lowest BCUT2D eigenvalue weighted by Gasteiger charge is -2.34. The fourth-order valence-electron chi connectivity index (χ4n) is 4.36. The molecule has 1 aromatic heterocycles. The molecule has 0 saturated heterocycles. The van der Waals surface area contributed by atoms with Crippen molar-refractivity contribution in [1.82, 2.24) is 4.98 Å². The van der Waals surface area contributed by atoms with Crippen LogP contribution in [0.3, 0.4) is 0 Å². The first-order valence-corrected chi connectivity index (χ1v) is 9.31. The molecular weight excluding hydrogens is 336 g/mol. The first-order valence-electron chi connectivity index (χ1n) is 9.31. The summed E-state index contributed by atoms with van der Waals surface area (Å²) in [6, 6.07) is 16.3. The number of ketones is 1. The second-order valence-corrected chi connectivity index (χ2v) is 7.10. The monoisotopic (exact) mass is 356 g/mol. The van der Waals surface area contributed by atoms with Crippen LogP contribution in [-0.4, -0.2) is 17.9 Å². The van der Waals surface area contributed by atoms with E-state index in [4.69, 9.17) is 4.74 Å². The lowest BCUT2D eigenvalue weighted by atomic mass is 9.74. The minimum absolute atomic E-state index is 0.0807. The normalized spacial score (nSPS) is 18.7. The number of hydrogen-bond acceptors (Lipinski definition) is 4. The quantitative estimate of drug-likeness (QED) is 0.716. The molecular formula is C23H20N2O2. The fourth-order valence-corrected chi connectivity index (χ4v) is 4.36. The Morgan fingerprint density at radius 3 is 2.74 bits per heavy atom. The van der Waals surface area contributed by atoms with E-state index in [0.29, 0.717) is 6.42 Å². The molecule has 2 aromatic carbocycles. The van der Waals surface area contributed by atoms with E-state index >= 15 is 0 Å². The van der Waals surface area contributed by atoms with Crippen molar-refractivity contribution < 1.29 is 9.53 Å². The summed E-state index contributed by atoms with van der Waals surface area (Å²) >= 11 is 0. The summed E-state index contributed by atoms with van der Waals surface area (Å²) in [5.41, 5.74) is 6.25. The molecule has 0 unspecified atom stereocenters. The van der Waals surface area contributed by atoms with Gasteiger partial charge in [-0.1, -0.05) is 18.2 Å². The van der Waals surface area contributed by atoms with Gasteiger partial charge in [-0.15, -0.1) is 0 Å². The number of Topliss-reactive ketones (excluding diaryl/α,β-unsaturated/α-hetero) is 1. The van der Waals surface area contributed by atoms with Gasteiger partial charge in [0.05, 0.1) is 12.6 Å². The van der Waals surface area contributed by atoms with Gasteiger partial charge in [-0.2, -0.15) is 0 Å².